The lowest BCUT2D eigenvalue weighted by Crippen LogP contribution is -2.13. The van der Waals surface area contributed by atoms with Crippen LogP contribution >= 0.6 is 15.9 Å². The number of carbonyl (C=O) groups excluding carboxylic acids is 1. The van der Waals surface area contributed by atoms with E-state index in [1.807, 2.05) is 42.5 Å². The Balaban J connectivity index is 1.55. The molecule has 1 aromatic heterocycles. The zero-order chi connectivity index (χ0) is 17.6. The van der Waals surface area contributed by atoms with Gasteiger partial charge in [-0.15, -0.1) is 0 Å². The normalized spacial score (nSPS) is 10.8. The maximum atomic E-state index is 11.4. The predicted molar refractivity (Wildman–Crippen MR) is 98.2 cm³/mol. The highest BCUT2D eigenvalue weighted by Crippen LogP contribution is 2.15. The Hall–Kier alpha value is -2.47. The third-order valence-corrected chi connectivity index (χ3v) is 4.43. The van der Waals surface area contributed by atoms with Gasteiger partial charge in [0.05, 0.1) is 0 Å². The molecule has 0 aliphatic heterocycles. The topological polar surface area (TPSA) is 82.0 Å². The van der Waals surface area contributed by atoms with Crippen molar-refractivity contribution >= 4 is 21.8 Å². The maximum absolute atomic E-state index is 11.4. The Bertz CT molecular complexity index is 859. The minimum Gasteiger partial charge on any atom is -0.366 e. The predicted octanol–water partition coefficient (Wildman–Crippen LogP) is 3.70. The van der Waals surface area contributed by atoms with Gasteiger partial charge in [-0.2, -0.15) is 4.98 Å². The number of carbonyl (C=O) groups is 1. The Morgan fingerprint density at radius 2 is 1.84 bits per heavy atom. The molecule has 0 aliphatic rings. The fraction of sp³-hybridized carbons (Fsp3) is 0.211. The van der Waals surface area contributed by atoms with E-state index in [0.717, 1.165) is 28.4 Å². The highest BCUT2D eigenvalue weighted by Gasteiger charge is 2.10. The second-order valence-electron chi connectivity index (χ2n) is 5.78. The number of nitrogens with zero attached hydrogens (tertiary/aromatic N) is 2. The van der Waals surface area contributed by atoms with E-state index in [2.05, 4.69) is 26.1 Å². The molecule has 1 heterocycles. The summed E-state index contributed by atoms with van der Waals surface area (Å²) < 4.78 is 6.36. The van der Waals surface area contributed by atoms with Crippen molar-refractivity contribution in [1.29, 1.82) is 0 Å². The number of halogens is 1. The lowest BCUT2D eigenvalue weighted by Gasteiger charge is -2.05. The van der Waals surface area contributed by atoms with E-state index in [-0.39, 0.29) is 0 Å². The number of rotatable bonds is 7. The minimum absolute atomic E-state index is 0.398. The van der Waals surface area contributed by atoms with Gasteiger partial charge in [0.1, 0.15) is 0 Å². The first-order valence-electron chi connectivity index (χ1n) is 8.05. The molecule has 0 bridgehead atoms. The zero-order valence-corrected chi connectivity index (χ0v) is 15.2. The van der Waals surface area contributed by atoms with E-state index in [0.29, 0.717) is 30.1 Å². The van der Waals surface area contributed by atoms with E-state index in [1.54, 1.807) is 6.07 Å². The van der Waals surface area contributed by atoms with Gasteiger partial charge in [0.15, 0.2) is 5.82 Å². The van der Waals surface area contributed by atoms with E-state index in [4.69, 9.17) is 10.3 Å². The number of amides is 1. The Morgan fingerprint density at radius 1 is 1.08 bits per heavy atom. The van der Waals surface area contributed by atoms with Crippen LogP contribution in [0.25, 0.3) is 0 Å². The van der Waals surface area contributed by atoms with Crippen LogP contribution in [0.2, 0.25) is 0 Å². The summed E-state index contributed by atoms with van der Waals surface area (Å²) in [6.07, 6.45) is 2.86. The molecule has 0 saturated carbocycles. The largest absolute Gasteiger partial charge is 0.366 e. The highest BCUT2D eigenvalue weighted by atomic mass is 79.9. The van der Waals surface area contributed by atoms with Gasteiger partial charge in [-0.3, -0.25) is 4.79 Å². The molecule has 0 aliphatic carbocycles. The number of aromatic nitrogens is 2. The van der Waals surface area contributed by atoms with Crippen molar-refractivity contribution in [3.05, 3.63) is 81.4 Å². The number of hydrogen-bond donors (Lipinski definition) is 1. The molecule has 6 heteroatoms. The molecule has 128 valence electrons. The molecule has 1 amide bonds. The maximum Gasteiger partial charge on any atom is 0.248 e. The van der Waals surface area contributed by atoms with Crippen LogP contribution in [0.5, 0.6) is 0 Å². The fourth-order valence-electron chi connectivity index (χ4n) is 2.66. The van der Waals surface area contributed by atoms with Gasteiger partial charge < -0.3 is 10.3 Å². The first kappa shape index (κ1) is 17.4. The van der Waals surface area contributed by atoms with E-state index in [9.17, 15) is 4.79 Å². The molecule has 0 saturated heterocycles. The van der Waals surface area contributed by atoms with Crippen LogP contribution in [-0.4, -0.2) is 16.0 Å². The molecule has 3 aromatic rings. The van der Waals surface area contributed by atoms with Gasteiger partial charge in [-0.05, 0) is 42.2 Å². The van der Waals surface area contributed by atoms with Crippen LogP contribution in [0.3, 0.4) is 0 Å². The Morgan fingerprint density at radius 3 is 2.60 bits per heavy atom. The van der Waals surface area contributed by atoms with Crippen LogP contribution in [0, 0.1) is 0 Å². The average molecular weight is 400 g/mol. The first-order chi connectivity index (χ1) is 12.1. The van der Waals surface area contributed by atoms with Crippen molar-refractivity contribution in [2.75, 3.05) is 0 Å². The third-order valence-electron chi connectivity index (χ3n) is 3.91. The van der Waals surface area contributed by atoms with Crippen LogP contribution in [0.1, 0.15) is 39.6 Å². The summed E-state index contributed by atoms with van der Waals surface area (Å²) in [7, 11) is 0. The summed E-state index contributed by atoms with van der Waals surface area (Å²) >= 11 is 3.42. The number of benzene rings is 2. The lowest BCUT2D eigenvalue weighted by molar-refractivity contribution is 0.0999. The van der Waals surface area contributed by atoms with Gasteiger partial charge >= 0.3 is 0 Å². The van der Waals surface area contributed by atoms with Crippen LogP contribution in [0.4, 0.5) is 0 Å². The molecule has 0 fully saturated rings. The number of primary amides is 1. The highest BCUT2D eigenvalue weighted by molar-refractivity contribution is 9.10. The molecule has 2 aromatic carbocycles. The molecule has 25 heavy (non-hydrogen) atoms. The molecule has 0 atom stereocenters. The van der Waals surface area contributed by atoms with Gasteiger partial charge in [0.2, 0.25) is 11.8 Å². The monoisotopic (exact) mass is 399 g/mol. The molecular formula is C19H18BrN3O2. The number of nitrogens with two attached hydrogens (primary N) is 1. The second-order valence-corrected chi connectivity index (χ2v) is 6.70. The molecule has 0 radical (unpaired) electrons. The summed E-state index contributed by atoms with van der Waals surface area (Å²) in [6, 6.07) is 15.4. The van der Waals surface area contributed by atoms with Gasteiger partial charge in [0.25, 0.3) is 0 Å². The van der Waals surface area contributed by atoms with E-state index >= 15 is 0 Å². The molecule has 3 rings (SSSR count). The zero-order valence-electron chi connectivity index (χ0n) is 13.6. The van der Waals surface area contributed by atoms with E-state index < -0.39 is 5.91 Å². The van der Waals surface area contributed by atoms with Crippen LogP contribution in [0.15, 0.2) is 57.5 Å². The fourth-order valence-corrected chi connectivity index (χ4v) is 2.92. The molecule has 5 nitrogen and oxygen atoms in total. The second kappa shape index (κ2) is 8.07. The summed E-state index contributed by atoms with van der Waals surface area (Å²) in [6.45, 7) is 0. The SMILES string of the molecule is NC(=O)c1ccccc1CCCc1nc(Cc2ccc(Br)cc2)no1. The quantitative estimate of drug-likeness (QED) is 0.656. The van der Waals surface area contributed by atoms with Crippen molar-refractivity contribution in [3.63, 3.8) is 0 Å². The summed E-state index contributed by atoms with van der Waals surface area (Å²) in [5.74, 6) is 0.892. The third kappa shape index (κ3) is 4.76. The molecular weight excluding hydrogens is 382 g/mol. The Labute approximate surface area is 154 Å². The van der Waals surface area contributed by atoms with Crippen LogP contribution < -0.4 is 5.73 Å². The molecule has 2 N–H and O–H groups in total. The average Bonchev–Trinajstić information content (AvgIpc) is 3.04. The smallest absolute Gasteiger partial charge is 0.248 e. The van der Waals surface area contributed by atoms with Gasteiger partial charge in [-0.25, -0.2) is 0 Å². The van der Waals surface area contributed by atoms with Crippen molar-refractivity contribution in [2.45, 2.75) is 25.7 Å². The summed E-state index contributed by atoms with van der Waals surface area (Å²) in [5, 5.41) is 4.03. The molecule has 0 unspecified atom stereocenters. The van der Waals surface area contributed by atoms with Gasteiger partial charge in [-0.1, -0.05) is 51.4 Å². The summed E-state index contributed by atoms with van der Waals surface area (Å²) in [5.41, 5.74) is 8.05. The number of hydrogen-bond acceptors (Lipinski definition) is 4. The standard InChI is InChI=1S/C19H18BrN3O2/c20-15-10-8-13(9-11-15)12-17-22-18(25-23-17)7-3-5-14-4-1-2-6-16(14)19(21)24/h1-2,4,6,8-11H,3,5,7,12H2,(H2,21,24). The van der Waals surface area contributed by atoms with E-state index in [1.165, 1.54) is 0 Å². The Kier molecular flexibility index (Phi) is 5.60. The molecule has 0 spiro atoms. The van der Waals surface area contributed by atoms with Crippen molar-refractivity contribution in [3.8, 4) is 0 Å². The van der Waals surface area contributed by atoms with Crippen LogP contribution in [-0.2, 0) is 19.3 Å². The number of aryl methyl sites for hydroxylation is 2. The van der Waals surface area contributed by atoms with Crippen molar-refractivity contribution < 1.29 is 9.32 Å². The first-order valence-corrected chi connectivity index (χ1v) is 8.85. The van der Waals surface area contributed by atoms with Gasteiger partial charge in [0, 0.05) is 22.9 Å². The van der Waals surface area contributed by atoms with Crippen molar-refractivity contribution in [1.82, 2.24) is 10.1 Å². The summed E-state index contributed by atoms with van der Waals surface area (Å²) in [4.78, 5) is 15.9. The minimum atomic E-state index is -0.398. The van der Waals surface area contributed by atoms with Crippen molar-refractivity contribution in [2.24, 2.45) is 5.73 Å². The lowest BCUT2D eigenvalue weighted by atomic mass is 10.0.